The molecule has 0 N–H and O–H groups in total. The van der Waals surface area contributed by atoms with Gasteiger partial charge in [0.2, 0.25) is 0 Å². The maximum Gasteiger partial charge on any atom is 0.306 e. The molecule has 0 aliphatic carbocycles. The highest BCUT2D eigenvalue weighted by molar-refractivity contribution is 5.71. The SMILES string of the molecule is CC/C=C\C/C=C\C/C=C\C/C=C\CCCCCCCCCCCCCCCCCCCCCCCCC(=O)OCC(COC(=O)CCCCCCCCCCCCCCCC)OC(=O)CCCCCCC/C=C\CCCCCCCCC. The first-order chi connectivity index (χ1) is 41.0. The number of unbranched alkanes of at least 4 members (excludes halogenated alkanes) is 47. The Morgan fingerprint density at radius 2 is 0.470 bits per heavy atom. The molecular weight excluding hydrogens is 1020 g/mol. The van der Waals surface area contributed by atoms with Gasteiger partial charge in [0.15, 0.2) is 6.10 Å². The van der Waals surface area contributed by atoms with Crippen LogP contribution in [-0.4, -0.2) is 37.2 Å². The first kappa shape index (κ1) is 80.1. The van der Waals surface area contributed by atoms with E-state index in [1.165, 1.54) is 263 Å². The van der Waals surface area contributed by atoms with Crippen LogP contribution in [0.2, 0.25) is 0 Å². The van der Waals surface area contributed by atoms with Gasteiger partial charge in [0.25, 0.3) is 0 Å². The molecule has 0 radical (unpaired) electrons. The summed E-state index contributed by atoms with van der Waals surface area (Å²) in [5, 5.41) is 0. The Bertz CT molecular complexity index is 1470. The lowest BCUT2D eigenvalue weighted by atomic mass is 10.0. The fourth-order valence-corrected chi connectivity index (χ4v) is 11.0. The summed E-state index contributed by atoms with van der Waals surface area (Å²) in [5.74, 6) is -0.850. The van der Waals surface area contributed by atoms with E-state index in [-0.39, 0.29) is 31.1 Å². The number of carbonyl (C=O) groups is 3. The summed E-state index contributed by atoms with van der Waals surface area (Å²) in [6.07, 6.45) is 92.7. The van der Waals surface area contributed by atoms with Crippen LogP contribution in [0, 0.1) is 0 Å². The van der Waals surface area contributed by atoms with Crippen LogP contribution in [0.1, 0.15) is 393 Å². The minimum absolute atomic E-state index is 0.0702. The van der Waals surface area contributed by atoms with E-state index in [1.807, 2.05) is 0 Å². The second-order valence-corrected chi connectivity index (χ2v) is 24.8. The molecule has 83 heavy (non-hydrogen) atoms. The Kier molecular flexibility index (Phi) is 69.1. The van der Waals surface area contributed by atoms with Gasteiger partial charge in [0.05, 0.1) is 0 Å². The molecule has 6 heteroatoms. The van der Waals surface area contributed by atoms with Crippen molar-refractivity contribution < 1.29 is 28.6 Å². The average molecular weight is 1160 g/mol. The predicted molar refractivity (Wildman–Crippen MR) is 362 cm³/mol. The average Bonchev–Trinajstić information content (AvgIpc) is 3.49. The number of ether oxygens (including phenoxy) is 3. The highest BCUT2D eigenvalue weighted by Gasteiger charge is 2.19. The molecule has 0 spiro atoms. The van der Waals surface area contributed by atoms with Gasteiger partial charge in [0.1, 0.15) is 13.2 Å². The smallest absolute Gasteiger partial charge is 0.306 e. The van der Waals surface area contributed by atoms with Gasteiger partial charge in [-0.25, -0.2) is 0 Å². The van der Waals surface area contributed by atoms with Gasteiger partial charge < -0.3 is 14.2 Å². The Balaban J connectivity index is 4.09. The molecule has 0 aliphatic heterocycles. The quantitative estimate of drug-likeness (QED) is 0.0261. The summed E-state index contributed by atoms with van der Waals surface area (Å²) in [7, 11) is 0. The van der Waals surface area contributed by atoms with Crippen molar-refractivity contribution in [3.05, 3.63) is 60.8 Å². The third-order valence-electron chi connectivity index (χ3n) is 16.5. The van der Waals surface area contributed by atoms with E-state index in [2.05, 4.69) is 81.5 Å². The number of hydrogen-bond acceptors (Lipinski definition) is 6. The van der Waals surface area contributed by atoms with Gasteiger partial charge in [-0.05, 0) is 83.5 Å². The Labute approximate surface area is 517 Å². The van der Waals surface area contributed by atoms with E-state index in [9.17, 15) is 14.4 Å². The second kappa shape index (κ2) is 71.6. The van der Waals surface area contributed by atoms with Crippen LogP contribution in [0.15, 0.2) is 60.8 Å². The molecule has 0 aromatic carbocycles. The third kappa shape index (κ3) is 69.8. The molecule has 1 unspecified atom stereocenters. The summed E-state index contributed by atoms with van der Waals surface area (Å²) in [6, 6.07) is 0. The molecule has 0 saturated carbocycles. The minimum atomic E-state index is -0.774. The molecule has 0 saturated heterocycles. The van der Waals surface area contributed by atoms with Crippen LogP contribution in [0.25, 0.3) is 0 Å². The molecule has 0 aliphatic rings. The van der Waals surface area contributed by atoms with Gasteiger partial charge in [0, 0.05) is 19.3 Å². The Morgan fingerprint density at radius 3 is 0.747 bits per heavy atom. The van der Waals surface area contributed by atoms with E-state index in [0.717, 1.165) is 89.9 Å². The van der Waals surface area contributed by atoms with Gasteiger partial charge in [-0.15, -0.1) is 0 Å². The molecule has 0 heterocycles. The van der Waals surface area contributed by atoms with Crippen molar-refractivity contribution in [2.45, 2.75) is 399 Å². The van der Waals surface area contributed by atoms with Crippen LogP contribution < -0.4 is 0 Å². The molecule has 0 bridgehead atoms. The van der Waals surface area contributed by atoms with Gasteiger partial charge in [-0.3, -0.25) is 14.4 Å². The molecule has 0 aromatic heterocycles. The Hall–Kier alpha value is -2.89. The number of carbonyl (C=O) groups excluding carboxylic acids is 3. The summed E-state index contributed by atoms with van der Waals surface area (Å²) in [5.41, 5.74) is 0. The minimum Gasteiger partial charge on any atom is -0.462 e. The molecule has 0 aromatic rings. The molecule has 0 amide bonds. The lowest BCUT2D eigenvalue weighted by Crippen LogP contribution is -2.30. The highest BCUT2D eigenvalue weighted by atomic mass is 16.6. The first-order valence-electron chi connectivity index (χ1n) is 36.8. The lowest BCUT2D eigenvalue weighted by Gasteiger charge is -2.18. The number of rotatable bonds is 68. The molecule has 6 nitrogen and oxygen atoms in total. The van der Waals surface area contributed by atoms with E-state index in [1.54, 1.807) is 0 Å². The van der Waals surface area contributed by atoms with Gasteiger partial charge in [-0.2, -0.15) is 0 Å². The van der Waals surface area contributed by atoms with Gasteiger partial charge >= 0.3 is 17.9 Å². The van der Waals surface area contributed by atoms with Crippen molar-refractivity contribution in [3.63, 3.8) is 0 Å². The zero-order chi connectivity index (χ0) is 59.9. The largest absolute Gasteiger partial charge is 0.462 e. The van der Waals surface area contributed by atoms with E-state index in [0.29, 0.717) is 19.3 Å². The van der Waals surface area contributed by atoms with E-state index in [4.69, 9.17) is 14.2 Å². The van der Waals surface area contributed by atoms with Crippen molar-refractivity contribution in [3.8, 4) is 0 Å². The Morgan fingerprint density at radius 1 is 0.253 bits per heavy atom. The molecule has 1 atom stereocenters. The summed E-state index contributed by atoms with van der Waals surface area (Å²) in [6.45, 7) is 6.58. The summed E-state index contributed by atoms with van der Waals surface area (Å²) in [4.78, 5) is 38.4. The number of hydrogen-bond donors (Lipinski definition) is 0. The molecule has 484 valence electrons. The normalized spacial score (nSPS) is 12.4. The number of allylic oxidation sites excluding steroid dienone is 10. The second-order valence-electron chi connectivity index (χ2n) is 24.8. The van der Waals surface area contributed by atoms with Crippen molar-refractivity contribution in [2.75, 3.05) is 13.2 Å². The highest BCUT2D eigenvalue weighted by Crippen LogP contribution is 2.19. The third-order valence-corrected chi connectivity index (χ3v) is 16.5. The zero-order valence-corrected chi connectivity index (χ0v) is 55.7. The monoisotopic (exact) mass is 1160 g/mol. The number of esters is 3. The molecule has 0 fully saturated rings. The zero-order valence-electron chi connectivity index (χ0n) is 55.7. The predicted octanol–water partition coefficient (Wildman–Crippen LogP) is 25.5. The topological polar surface area (TPSA) is 78.9 Å². The summed E-state index contributed by atoms with van der Waals surface area (Å²) >= 11 is 0. The van der Waals surface area contributed by atoms with Gasteiger partial charge in [-0.1, -0.05) is 351 Å². The van der Waals surface area contributed by atoms with Crippen molar-refractivity contribution in [2.24, 2.45) is 0 Å². The maximum absolute atomic E-state index is 12.9. The van der Waals surface area contributed by atoms with Crippen LogP contribution in [0.4, 0.5) is 0 Å². The fourth-order valence-electron chi connectivity index (χ4n) is 11.0. The summed E-state index contributed by atoms with van der Waals surface area (Å²) < 4.78 is 17.0. The standard InChI is InChI=1S/C77H140O6/c1-4-7-10-13-16-19-22-25-28-30-31-32-33-34-35-36-37-38-39-40-41-42-43-44-45-46-47-48-50-52-55-58-61-64-67-70-76(79)82-73-74(72-81-75(78)69-66-63-60-57-54-51-27-24-21-18-15-12-9-6-3)83-77(80)71-68-65-62-59-56-53-49-29-26-23-20-17-14-11-8-5-2/h7,10,16,19,25,28-29,31-32,49,74H,4-6,8-9,11-15,17-18,20-24,26-27,30,33-48,50-73H2,1-3H3/b10-7-,19-16-,28-25-,32-31-,49-29-. The molecule has 0 rings (SSSR count). The first-order valence-corrected chi connectivity index (χ1v) is 36.8. The van der Waals surface area contributed by atoms with Crippen LogP contribution >= 0.6 is 0 Å². The van der Waals surface area contributed by atoms with Crippen molar-refractivity contribution in [1.82, 2.24) is 0 Å². The fraction of sp³-hybridized carbons (Fsp3) is 0.831. The van der Waals surface area contributed by atoms with Crippen LogP contribution in [0.5, 0.6) is 0 Å². The lowest BCUT2D eigenvalue weighted by molar-refractivity contribution is -0.167. The van der Waals surface area contributed by atoms with E-state index < -0.39 is 6.10 Å². The van der Waals surface area contributed by atoms with E-state index >= 15 is 0 Å². The van der Waals surface area contributed by atoms with Crippen molar-refractivity contribution in [1.29, 1.82) is 0 Å². The molecular formula is C77H140O6. The van der Waals surface area contributed by atoms with Crippen molar-refractivity contribution >= 4 is 17.9 Å². The van der Waals surface area contributed by atoms with Crippen LogP contribution in [0.3, 0.4) is 0 Å². The maximum atomic E-state index is 12.9. The van der Waals surface area contributed by atoms with Crippen LogP contribution in [-0.2, 0) is 28.6 Å².